The molecule has 1 aliphatic rings. The smallest absolute Gasteiger partial charge is 0.229 e. The quantitative estimate of drug-likeness (QED) is 0.622. The second-order valence-corrected chi connectivity index (χ2v) is 6.91. The number of hydrogen-bond donors (Lipinski definition) is 3. The van der Waals surface area contributed by atoms with Crippen LogP contribution in [0.3, 0.4) is 0 Å². The van der Waals surface area contributed by atoms with Crippen LogP contribution in [0.4, 0.5) is 11.6 Å². The summed E-state index contributed by atoms with van der Waals surface area (Å²) < 4.78 is 0. The molecule has 8 heteroatoms. The van der Waals surface area contributed by atoms with Crippen LogP contribution in [0.2, 0.25) is 0 Å². The van der Waals surface area contributed by atoms with Crippen LogP contribution < -0.4 is 16.8 Å². The van der Waals surface area contributed by atoms with E-state index in [1.165, 1.54) is 0 Å². The first-order valence-corrected chi connectivity index (χ1v) is 9.07. The summed E-state index contributed by atoms with van der Waals surface area (Å²) in [7, 11) is 0. The van der Waals surface area contributed by atoms with Gasteiger partial charge in [-0.05, 0) is 42.0 Å². The van der Waals surface area contributed by atoms with Crippen LogP contribution in [0.15, 0.2) is 36.8 Å². The molecule has 28 heavy (non-hydrogen) atoms. The SMILES string of the molecule is CCc1ccncc1-c1cc2cc(NC(=O)C3CC3C(N)=O)ncc2c(N)n1. The van der Waals surface area contributed by atoms with E-state index in [1.807, 2.05) is 12.1 Å². The lowest BCUT2D eigenvalue weighted by Gasteiger charge is -2.11. The van der Waals surface area contributed by atoms with Crippen LogP contribution in [0.1, 0.15) is 18.9 Å². The third-order valence-electron chi connectivity index (χ3n) is 5.06. The number of carbonyl (C=O) groups is 2. The third-order valence-corrected chi connectivity index (χ3v) is 5.06. The van der Waals surface area contributed by atoms with E-state index in [0.717, 1.165) is 28.6 Å². The second kappa shape index (κ2) is 6.88. The van der Waals surface area contributed by atoms with Gasteiger partial charge in [0.25, 0.3) is 0 Å². The van der Waals surface area contributed by atoms with Gasteiger partial charge in [-0.2, -0.15) is 0 Å². The molecule has 3 heterocycles. The fourth-order valence-electron chi connectivity index (χ4n) is 3.36. The van der Waals surface area contributed by atoms with Crippen LogP contribution >= 0.6 is 0 Å². The number of aryl methyl sites for hydroxylation is 1. The van der Waals surface area contributed by atoms with Gasteiger partial charge in [-0.1, -0.05) is 6.92 Å². The number of rotatable bonds is 5. The summed E-state index contributed by atoms with van der Waals surface area (Å²) in [6.07, 6.45) is 6.43. The Labute approximate surface area is 161 Å². The molecular weight excluding hydrogens is 356 g/mol. The van der Waals surface area contributed by atoms with E-state index < -0.39 is 5.91 Å². The summed E-state index contributed by atoms with van der Waals surface area (Å²) in [6.45, 7) is 2.07. The topological polar surface area (TPSA) is 137 Å². The zero-order chi connectivity index (χ0) is 19.8. The first-order chi connectivity index (χ1) is 13.5. The predicted octanol–water partition coefficient (Wildman–Crippen LogP) is 1.90. The predicted molar refractivity (Wildman–Crippen MR) is 106 cm³/mol. The number of pyridine rings is 3. The number of nitrogens with zero attached hydrogens (tertiary/aromatic N) is 3. The normalized spacial score (nSPS) is 18.0. The number of primary amides is 1. The minimum Gasteiger partial charge on any atom is -0.383 e. The zero-order valence-electron chi connectivity index (χ0n) is 15.3. The summed E-state index contributed by atoms with van der Waals surface area (Å²) in [5, 5.41) is 4.26. The van der Waals surface area contributed by atoms with Crippen molar-refractivity contribution >= 4 is 34.2 Å². The van der Waals surface area contributed by atoms with Crippen molar-refractivity contribution in [1.82, 2.24) is 15.0 Å². The van der Waals surface area contributed by atoms with Crippen LogP contribution in [0.25, 0.3) is 22.0 Å². The molecule has 0 aromatic carbocycles. The molecule has 1 aliphatic carbocycles. The van der Waals surface area contributed by atoms with Crippen molar-refractivity contribution in [2.45, 2.75) is 19.8 Å². The van der Waals surface area contributed by atoms with E-state index in [4.69, 9.17) is 11.5 Å². The van der Waals surface area contributed by atoms with Crippen LogP contribution in [0.5, 0.6) is 0 Å². The highest BCUT2D eigenvalue weighted by Gasteiger charge is 2.47. The van der Waals surface area contributed by atoms with Gasteiger partial charge < -0.3 is 16.8 Å². The molecule has 3 aromatic rings. The van der Waals surface area contributed by atoms with Gasteiger partial charge in [0, 0.05) is 29.5 Å². The summed E-state index contributed by atoms with van der Waals surface area (Å²) in [5.74, 6) is -0.705. The van der Waals surface area contributed by atoms with Crippen LogP contribution in [-0.2, 0) is 16.0 Å². The molecule has 3 aromatic heterocycles. The maximum atomic E-state index is 12.3. The van der Waals surface area contributed by atoms with Crippen LogP contribution in [0, 0.1) is 11.8 Å². The highest BCUT2D eigenvalue weighted by molar-refractivity contribution is 6.01. The molecule has 2 amide bonds. The summed E-state index contributed by atoms with van der Waals surface area (Å²) in [6, 6.07) is 5.61. The monoisotopic (exact) mass is 376 g/mol. The Balaban J connectivity index is 1.67. The Morgan fingerprint density at radius 1 is 1.25 bits per heavy atom. The molecular formula is C20H20N6O2. The number of nitrogen functional groups attached to an aromatic ring is 1. The first kappa shape index (κ1) is 17.8. The van der Waals surface area contributed by atoms with Crippen molar-refractivity contribution in [3.63, 3.8) is 0 Å². The lowest BCUT2D eigenvalue weighted by atomic mass is 10.0. The molecule has 0 aliphatic heterocycles. The number of amides is 2. The summed E-state index contributed by atoms with van der Waals surface area (Å²) >= 11 is 0. The average Bonchev–Trinajstić information content (AvgIpc) is 3.49. The fourth-order valence-corrected chi connectivity index (χ4v) is 3.36. The minimum absolute atomic E-state index is 0.251. The maximum absolute atomic E-state index is 12.3. The van der Waals surface area contributed by atoms with Crippen molar-refractivity contribution in [2.75, 3.05) is 11.1 Å². The molecule has 2 atom stereocenters. The Morgan fingerprint density at radius 3 is 2.79 bits per heavy atom. The van der Waals surface area contributed by atoms with E-state index in [1.54, 1.807) is 24.7 Å². The number of nitrogens with one attached hydrogen (secondary N) is 1. The van der Waals surface area contributed by atoms with Crippen LogP contribution in [-0.4, -0.2) is 26.8 Å². The molecule has 0 bridgehead atoms. The molecule has 8 nitrogen and oxygen atoms in total. The summed E-state index contributed by atoms with van der Waals surface area (Å²) in [5.41, 5.74) is 14.1. The standard InChI is InChI=1S/C20H20N6O2/c1-2-10-3-4-23-8-14(10)16-5-11-6-17(24-9-15(11)18(21)25-16)26-20(28)13-7-12(13)19(22)27/h3-6,8-9,12-13H,2,7H2,1H3,(H2,21,25)(H2,22,27)(H,24,26,28). The lowest BCUT2D eigenvalue weighted by molar-refractivity contribution is -0.123. The molecule has 0 saturated heterocycles. The highest BCUT2D eigenvalue weighted by Crippen LogP contribution is 2.39. The van der Waals surface area contributed by atoms with Gasteiger partial charge >= 0.3 is 0 Å². The number of aromatic nitrogens is 3. The number of carbonyl (C=O) groups excluding carboxylic acids is 2. The maximum Gasteiger partial charge on any atom is 0.229 e. The first-order valence-electron chi connectivity index (χ1n) is 9.07. The van der Waals surface area contributed by atoms with Crippen molar-refractivity contribution in [2.24, 2.45) is 17.6 Å². The number of fused-ring (bicyclic) bond motifs is 1. The van der Waals surface area contributed by atoms with Gasteiger partial charge in [0.1, 0.15) is 11.6 Å². The van der Waals surface area contributed by atoms with E-state index in [2.05, 4.69) is 27.2 Å². The fraction of sp³-hybridized carbons (Fsp3) is 0.250. The minimum atomic E-state index is -0.446. The largest absolute Gasteiger partial charge is 0.383 e. The summed E-state index contributed by atoms with van der Waals surface area (Å²) in [4.78, 5) is 36.4. The van der Waals surface area contributed by atoms with E-state index >= 15 is 0 Å². The molecule has 1 saturated carbocycles. The average molecular weight is 376 g/mol. The molecule has 4 rings (SSSR count). The number of anilines is 2. The van der Waals surface area contributed by atoms with Gasteiger partial charge in [0.05, 0.1) is 17.5 Å². The Morgan fingerprint density at radius 2 is 2.07 bits per heavy atom. The zero-order valence-corrected chi connectivity index (χ0v) is 15.3. The molecule has 0 radical (unpaired) electrons. The molecule has 142 valence electrons. The molecule has 0 spiro atoms. The van der Waals surface area contributed by atoms with Crippen molar-refractivity contribution in [3.8, 4) is 11.3 Å². The van der Waals surface area contributed by atoms with E-state index in [0.29, 0.717) is 23.4 Å². The Bertz CT molecular complexity index is 1100. The van der Waals surface area contributed by atoms with Gasteiger partial charge in [0.15, 0.2) is 0 Å². The van der Waals surface area contributed by atoms with E-state index in [-0.39, 0.29) is 17.7 Å². The van der Waals surface area contributed by atoms with Crippen molar-refractivity contribution in [1.29, 1.82) is 0 Å². The molecule has 1 fully saturated rings. The van der Waals surface area contributed by atoms with Crippen molar-refractivity contribution < 1.29 is 9.59 Å². The van der Waals surface area contributed by atoms with Gasteiger partial charge in [-0.3, -0.25) is 14.6 Å². The van der Waals surface area contributed by atoms with Gasteiger partial charge in [-0.15, -0.1) is 0 Å². The molecule has 5 N–H and O–H groups in total. The Kier molecular flexibility index (Phi) is 4.38. The number of hydrogen-bond acceptors (Lipinski definition) is 6. The highest BCUT2D eigenvalue weighted by atomic mass is 16.2. The van der Waals surface area contributed by atoms with E-state index in [9.17, 15) is 9.59 Å². The third kappa shape index (κ3) is 3.24. The second-order valence-electron chi connectivity index (χ2n) is 6.91. The number of nitrogens with two attached hydrogens (primary N) is 2. The lowest BCUT2D eigenvalue weighted by Crippen LogP contribution is -2.21. The van der Waals surface area contributed by atoms with Gasteiger partial charge in [-0.25, -0.2) is 9.97 Å². The van der Waals surface area contributed by atoms with Gasteiger partial charge in [0.2, 0.25) is 11.8 Å². The molecule has 2 unspecified atom stereocenters. The van der Waals surface area contributed by atoms with Crippen molar-refractivity contribution in [3.05, 3.63) is 42.4 Å². The Hall–Kier alpha value is -3.55.